The van der Waals surface area contributed by atoms with E-state index in [0.717, 1.165) is 52.2 Å². The van der Waals surface area contributed by atoms with E-state index in [1.165, 1.54) is 0 Å². The van der Waals surface area contributed by atoms with Gasteiger partial charge < -0.3 is 15.0 Å². The molecule has 116 valence electrons. The number of piperidine rings is 1. The standard InChI is InChI=1S/C15H29N3O2/c1-13(2)18-6-4-15(3,5-7-18)16-14(19)12-17-8-10-20-11-9-17/h13H,4-12H2,1-3H3,(H,16,19). The highest BCUT2D eigenvalue weighted by atomic mass is 16.5. The van der Waals surface area contributed by atoms with Crippen LogP contribution >= 0.6 is 0 Å². The van der Waals surface area contributed by atoms with Crippen molar-refractivity contribution in [2.75, 3.05) is 45.9 Å². The first-order chi connectivity index (χ1) is 9.48. The number of carbonyl (C=O) groups is 1. The molecule has 0 aromatic rings. The minimum Gasteiger partial charge on any atom is -0.379 e. The van der Waals surface area contributed by atoms with E-state index in [9.17, 15) is 4.79 Å². The van der Waals surface area contributed by atoms with Crippen LogP contribution in [0, 0.1) is 0 Å². The number of likely N-dealkylation sites (tertiary alicyclic amines) is 1. The largest absolute Gasteiger partial charge is 0.379 e. The number of morpholine rings is 1. The molecule has 0 aromatic carbocycles. The molecule has 0 bridgehead atoms. The summed E-state index contributed by atoms with van der Waals surface area (Å²) in [6, 6.07) is 0.601. The molecule has 0 atom stereocenters. The van der Waals surface area contributed by atoms with Crippen molar-refractivity contribution in [3.63, 3.8) is 0 Å². The Labute approximate surface area is 122 Å². The Hall–Kier alpha value is -0.650. The fourth-order valence-corrected chi connectivity index (χ4v) is 3.00. The zero-order chi connectivity index (χ0) is 14.6. The predicted octanol–water partition coefficient (Wildman–Crippen LogP) is 0.698. The van der Waals surface area contributed by atoms with E-state index in [1.807, 2.05) is 0 Å². The molecule has 0 spiro atoms. The maximum absolute atomic E-state index is 12.2. The van der Waals surface area contributed by atoms with Gasteiger partial charge in [0, 0.05) is 37.8 Å². The SMILES string of the molecule is CC(C)N1CCC(C)(NC(=O)CN2CCOCC2)CC1. The molecule has 2 aliphatic heterocycles. The Morgan fingerprint density at radius 2 is 1.80 bits per heavy atom. The maximum Gasteiger partial charge on any atom is 0.234 e. The summed E-state index contributed by atoms with van der Waals surface area (Å²) in [6.45, 7) is 12.5. The highest BCUT2D eigenvalue weighted by Gasteiger charge is 2.32. The van der Waals surface area contributed by atoms with Gasteiger partial charge in [0.2, 0.25) is 5.91 Å². The molecule has 0 saturated carbocycles. The fraction of sp³-hybridized carbons (Fsp3) is 0.933. The maximum atomic E-state index is 12.2. The lowest BCUT2D eigenvalue weighted by molar-refractivity contribution is -0.125. The van der Waals surface area contributed by atoms with Crippen LogP contribution in [-0.2, 0) is 9.53 Å². The summed E-state index contributed by atoms with van der Waals surface area (Å²) in [7, 11) is 0. The normalized spacial score (nSPS) is 24.8. The Morgan fingerprint density at radius 3 is 2.35 bits per heavy atom. The Balaban J connectivity index is 1.75. The number of hydrogen-bond donors (Lipinski definition) is 1. The van der Waals surface area contributed by atoms with Crippen molar-refractivity contribution in [2.24, 2.45) is 0 Å². The number of amides is 1. The highest BCUT2D eigenvalue weighted by molar-refractivity contribution is 5.78. The molecular formula is C15H29N3O2. The molecule has 1 N–H and O–H groups in total. The molecule has 2 saturated heterocycles. The van der Waals surface area contributed by atoms with Crippen LogP contribution < -0.4 is 5.32 Å². The molecule has 5 nitrogen and oxygen atoms in total. The summed E-state index contributed by atoms with van der Waals surface area (Å²) in [6.07, 6.45) is 2.08. The van der Waals surface area contributed by atoms with Gasteiger partial charge in [-0.05, 0) is 33.6 Å². The number of ether oxygens (including phenoxy) is 1. The van der Waals surface area contributed by atoms with Crippen molar-refractivity contribution in [2.45, 2.75) is 45.2 Å². The Kier molecular flexibility index (Phi) is 5.41. The van der Waals surface area contributed by atoms with Gasteiger partial charge in [0.1, 0.15) is 0 Å². The van der Waals surface area contributed by atoms with Gasteiger partial charge in [-0.15, -0.1) is 0 Å². The van der Waals surface area contributed by atoms with Crippen molar-refractivity contribution < 1.29 is 9.53 Å². The van der Waals surface area contributed by atoms with Gasteiger partial charge in [0.25, 0.3) is 0 Å². The third kappa shape index (κ3) is 4.43. The van der Waals surface area contributed by atoms with E-state index in [-0.39, 0.29) is 11.4 Å². The molecule has 0 radical (unpaired) electrons. The van der Waals surface area contributed by atoms with Gasteiger partial charge in [-0.2, -0.15) is 0 Å². The van der Waals surface area contributed by atoms with Crippen molar-refractivity contribution in [1.29, 1.82) is 0 Å². The van der Waals surface area contributed by atoms with Crippen molar-refractivity contribution in [3.8, 4) is 0 Å². The van der Waals surface area contributed by atoms with Gasteiger partial charge in [-0.25, -0.2) is 0 Å². The Bertz CT molecular complexity index is 319. The molecule has 1 amide bonds. The van der Waals surface area contributed by atoms with E-state index < -0.39 is 0 Å². The van der Waals surface area contributed by atoms with E-state index in [0.29, 0.717) is 12.6 Å². The second kappa shape index (κ2) is 6.87. The molecule has 0 unspecified atom stereocenters. The molecule has 2 aliphatic rings. The van der Waals surface area contributed by atoms with Crippen molar-refractivity contribution in [1.82, 2.24) is 15.1 Å². The van der Waals surface area contributed by atoms with Crippen LogP contribution in [0.2, 0.25) is 0 Å². The second-order valence-corrected chi connectivity index (χ2v) is 6.63. The van der Waals surface area contributed by atoms with Crippen molar-refractivity contribution in [3.05, 3.63) is 0 Å². The van der Waals surface area contributed by atoms with E-state index in [2.05, 4.69) is 35.9 Å². The van der Waals surface area contributed by atoms with Crippen LogP contribution in [0.15, 0.2) is 0 Å². The van der Waals surface area contributed by atoms with Crippen LogP contribution in [0.4, 0.5) is 0 Å². The summed E-state index contributed by atoms with van der Waals surface area (Å²) in [5.74, 6) is 0.160. The smallest absolute Gasteiger partial charge is 0.234 e. The fourth-order valence-electron chi connectivity index (χ4n) is 3.00. The second-order valence-electron chi connectivity index (χ2n) is 6.63. The van der Waals surface area contributed by atoms with Crippen LogP contribution in [0.1, 0.15) is 33.6 Å². The average Bonchev–Trinajstić information content (AvgIpc) is 2.39. The minimum atomic E-state index is -0.0330. The predicted molar refractivity (Wildman–Crippen MR) is 79.7 cm³/mol. The third-order valence-electron chi connectivity index (χ3n) is 4.54. The van der Waals surface area contributed by atoms with Gasteiger partial charge in [0.15, 0.2) is 0 Å². The summed E-state index contributed by atoms with van der Waals surface area (Å²) in [5.41, 5.74) is -0.0330. The average molecular weight is 283 g/mol. The van der Waals surface area contributed by atoms with Crippen LogP contribution in [0.3, 0.4) is 0 Å². The van der Waals surface area contributed by atoms with E-state index in [4.69, 9.17) is 4.74 Å². The van der Waals surface area contributed by atoms with Crippen molar-refractivity contribution >= 4 is 5.91 Å². The lowest BCUT2D eigenvalue weighted by Crippen LogP contribution is -2.56. The zero-order valence-electron chi connectivity index (χ0n) is 13.2. The monoisotopic (exact) mass is 283 g/mol. The highest BCUT2D eigenvalue weighted by Crippen LogP contribution is 2.22. The van der Waals surface area contributed by atoms with E-state index >= 15 is 0 Å². The third-order valence-corrected chi connectivity index (χ3v) is 4.54. The molecule has 2 fully saturated rings. The summed E-state index contributed by atoms with van der Waals surface area (Å²) < 4.78 is 5.31. The number of nitrogens with zero attached hydrogens (tertiary/aromatic N) is 2. The quantitative estimate of drug-likeness (QED) is 0.825. The summed E-state index contributed by atoms with van der Waals surface area (Å²) in [4.78, 5) is 16.8. The molecular weight excluding hydrogens is 254 g/mol. The van der Waals surface area contributed by atoms with Crippen LogP contribution in [0.5, 0.6) is 0 Å². The van der Waals surface area contributed by atoms with Gasteiger partial charge in [-0.3, -0.25) is 9.69 Å². The van der Waals surface area contributed by atoms with Gasteiger partial charge >= 0.3 is 0 Å². The zero-order valence-corrected chi connectivity index (χ0v) is 13.2. The Morgan fingerprint density at radius 1 is 1.20 bits per heavy atom. The lowest BCUT2D eigenvalue weighted by Gasteiger charge is -2.42. The molecule has 0 aromatic heterocycles. The van der Waals surface area contributed by atoms with Gasteiger partial charge in [0.05, 0.1) is 19.8 Å². The number of rotatable bonds is 4. The van der Waals surface area contributed by atoms with Gasteiger partial charge in [-0.1, -0.05) is 0 Å². The molecule has 2 rings (SSSR count). The summed E-state index contributed by atoms with van der Waals surface area (Å²) in [5, 5.41) is 3.25. The van der Waals surface area contributed by atoms with Crippen LogP contribution in [-0.4, -0.2) is 73.2 Å². The molecule has 20 heavy (non-hydrogen) atoms. The first-order valence-corrected chi connectivity index (χ1v) is 7.84. The molecule has 5 heteroatoms. The van der Waals surface area contributed by atoms with E-state index in [1.54, 1.807) is 0 Å². The molecule has 0 aliphatic carbocycles. The molecule has 2 heterocycles. The minimum absolute atomic E-state index is 0.0330. The number of carbonyl (C=O) groups excluding carboxylic acids is 1. The topological polar surface area (TPSA) is 44.8 Å². The first kappa shape index (κ1) is 15.7. The summed E-state index contributed by atoms with van der Waals surface area (Å²) >= 11 is 0. The number of nitrogens with one attached hydrogen (secondary N) is 1. The lowest BCUT2D eigenvalue weighted by atomic mass is 9.89. The number of hydrogen-bond acceptors (Lipinski definition) is 4. The van der Waals surface area contributed by atoms with Crippen LogP contribution in [0.25, 0.3) is 0 Å². The first-order valence-electron chi connectivity index (χ1n) is 7.84.